The number of anilines is 3. The molecule has 1 N–H and O–H groups in total. The zero-order chi connectivity index (χ0) is 25.4. The van der Waals surface area contributed by atoms with Crippen LogP contribution in [0.4, 0.5) is 17.3 Å². The Morgan fingerprint density at radius 1 is 1.19 bits per heavy atom. The van der Waals surface area contributed by atoms with Crippen molar-refractivity contribution in [3.05, 3.63) is 47.8 Å². The number of amides is 1. The highest BCUT2D eigenvalue weighted by Crippen LogP contribution is 2.41. The van der Waals surface area contributed by atoms with Gasteiger partial charge in [-0.05, 0) is 55.6 Å². The van der Waals surface area contributed by atoms with Crippen LogP contribution in [0.5, 0.6) is 5.75 Å². The van der Waals surface area contributed by atoms with Gasteiger partial charge in [-0.25, -0.2) is 9.97 Å². The van der Waals surface area contributed by atoms with Crippen LogP contribution in [0.3, 0.4) is 0 Å². The van der Waals surface area contributed by atoms with Gasteiger partial charge in [-0.1, -0.05) is 6.58 Å². The summed E-state index contributed by atoms with van der Waals surface area (Å²) in [7, 11) is 0. The van der Waals surface area contributed by atoms with E-state index < -0.39 is 0 Å². The van der Waals surface area contributed by atoms with Crippen LogP contribution in [0, 0.1) is 11.3 Å². The molecule has 1 aromatic carbocycles. The van der Waals surface area contributed by atoms with Crippen LogP contribution in [0.1, 0.15) is 36.9 Å². The van der Waals surface area contributed by atoms with Crippen molar-refractivity contribution in [1.29, 1.82) is 5.26 Å². The van der Waals surface area contributed by atoms with Gasteiger partial charge >= 0.3 is 0 Å². The van der Waals surface area contributed by atoms with Gasteiger partial charge in [0.15, 0.2) is 5.75 Å². The van der Waals surface area contributed by atoms with Crippen molar-refractivity contribution in [3.8, 4) is 11.8 Å². The number of nitriles is 1. The minimum atomic E-state index is 0. The molecule has 0 bridgehead atoms. The minimum Gasteiger partial charge on any atom is -0.485 e. The highest BCUT2D eigenvalue weighted by Gasteiger charge is 2.36. The summed E-state index contributed by atoms with van der Waals surface area (Å²) in [5.74, 6) is 2.51. The molecular weight excluding hydrogens is 470 g/mol. The van der Waals surface area contributed by atoms with Crippen molar-refractivity contribution in [3.63, 3.8) is 0 Å². The number of rotatable bonds is 4. The average molecular weight is 504 g/mol. The monoisotopic (exact) mass is 503 g/mol. The van der Waals surface area contributed by atoms with Gasteiger partial charge in [0, 0.05) is 33.6 Å². The standard InChI is InChI=1S/C27H31N7O3.H2/c1-2-24(35)34-14-21(15-34)32-5-3-18(4-6-32)19-11-20(13-28)25-23(12-19)31-26-22(16-37-25)27(30-17-29-26)33-7-9-36-10-8-33;/h2,11-12,17-18,21H,1,3-10,14-16H2,(H,29,30,31);1H. The number of fused-ring (bicyclic) bond motifs is 2. The van der Waals surface area contributed by atoms with E-state index in [1.807, 2.05) is 11.0 Å². The van der Waals surface area contributed by atoms with Crippen LogP contribution in [-0.4, -0.2) is 84.2 Å². The van der Waals surface area contributed by atoms with Gasteiger partial charge in [-0.15, -0.1) is 0 Å². The lowest BCUT2D eigenvalue weighted by molar-refractivity contribution is -0.133. The number of carbonyl (C=O) groups is 1. The topological polar surface area (TPSA) is 107 Å². The first-order chi connectivity index (χ1) is 18.1. The highest BCUT2D eigenvalue weighted by atomic mass is 16.5. The van der Waals surface area contributed by atoms with Gasteiger partial charge in [0.25, 0.3) is 0 Å². The number of morpholine rings is 1. The summed E-state index contributed by atoms with van der Waals surface area (Å²) in [5.41, 5.74) is 3.35. The van der Waals surface area contributed by atoms with Gasteiger partial charge < -0.3 is 24.6 Å². The Kier molecular flexibility index (Phi) is 6.40. The van der Waals surface area contributed by atoms with Gasteiger partial charge in [-0.3, -0.25) is 9.69 Å². The van der Waals surface area contributed by atoms with Crippen molar-refractivity contribution in [2.45, 2.75) is 31.4 Å². The fourth-order valence-electron chi connectivity index (χ4n) is 5.77. The Labute approximate surface area is 218 Å². The smallest absolute Gasteiger partial charge is 0.246 e. The minimum absolute atomic E-state index is 0. The fraction of sp³-hybridized carbons (Fsp3) is 0.481. The lowest BCUT2D eigenvalue weighted by atomic mass is 9.87. The Balaban J connectivity index is 0.00000294. The number of carbonyl (C=O) groups excluding carboxylic acids is 1. The van der Waals surface area contributed by atoms with Crippen molar-refractivity contribution in [2.24, 2.45) is 0 Å². The number of nitrogens with one attached hydrogen (secondary N) is 1. The second-order valence-electron chi connectivity index (χ2n) is 10.0. The van der Waals surface area contributed by atoms with Gasteiger partial charge in [-0.2, -0.15) is 5.26 Å². The number of aromatic nitrogens is 2. The third-order valence-electron chi connectivity index (χ3n) is 7.94. The lowest BCUT2D eigenvalue weighted by Gasteiger charge is -2.47. The number of benzene rings is 1. The van der Waals surface area contributed by atoms with Crippen LogP contribution in [0.25, 0.3) is 0 Å². The SMILES string of the molecule is C=CC(=O)N1CC(N2CCC(c3cc(C#N)c4c(c3)Nc3ncnc(N5CCOCC5)c3CO4)CC2)C1.[HH]. The van der Waals surface area contributed by atoms with E-state index in [9.17, 15) is 10.1 Å². The number of hydrogen-bond donors (Lipinski definition) is 1. The number of nitrogens with zero attached hydrogens (tertiary/aromatic N) is 6. The number of hydrogen-bond acceptors (Lipinski definition) is 9. The predicted molar refractivity (Wildman–Crippen MR) is 140 cm³/mol. The van der Waals surface area contributed by atoms with E-state index in [0.717, 1.165) is 80.6 Å². The summed E-state index contributed by atoms with van der Waals surface area (Å²) in [5, 5.41) is 13.4. The Hall–Kier alpha value is -3.68. The maximum atomic E-state index is 11.8. The van der Waals surface area contributed by atoms with Crippen molar-refractivity contribution < 1.29 is 15.7 Å². The molecule has 1 amide bonds. The normalized spacial score (nSPS) is 20.4. The summed E-state index contributed by atoms with van der Waals surface area (Å²) in [4.78, 5) is 27.4. The molecule has 0 unspecified atom stereocenters. The third-order valence-corrected chi connectivity index (χ3v) is 7.94. The molecule has 1 aromatic heterocycles. The lowest BCUT2D eigenvalue weighted by Crippen LogP contribution is -2.61. The largest absolute Gasteiger partial charge is 0.485 e. The van der Waals surface area contributed by atoms with Crippen molar-refractivity contribution in [1.82, 2.24) is 19.8 Å². The molecule has 0 atom stereocenters. The summed E-state index contributed by atoms with van der Waals surface area (Å²) in [6.45, 7) is 10.3. The second-order valence-corrected chi connectivity index (χ2v) is 10.0. The number of ether oxygens (including phenoxy) is 2. The van der Waals surface area contributed by atoms with Gasteiger partial charge in [0.2, 0.25) is 5.91 Å². The fourth-order valence-corrected chi connectivity index (χ4v) is 5.77. The second kappa shape index (κ2) is 10.00. The molecule has 194 valence electrons. The summed E-state index contributed by atoms with van der Waals surface area (Å²) in [6.07, 6.45) is 4.99. The van der Waals surface area contributed by atoms with Crippen molar-refractivity contribution >= 4 is 23.2 Å². The van der Waals surface area contributed by atoms with E-state index in [0.29, 0.717) is 43.1 Å². The molecule has 5 heterocycles. The average Bonchev–Trinajstić information content (AvgIpc) is 3.11. The molecule has 37 heavy (non-hydrogen) atoms. The van der Waals surface area contributed by atoms with Crippen LogP contribution in [-0.2, 0) is 16.1 Å². The first-order valence-electron chi connectivity index (χ1n) is 12.9. The van der Waals surface area contributed by atoms with Crippen LogP contribution < -0.4 is 15.0 Å². The molecule has 0 saturated carbocycles. The molecule has 3 fully saturated rings. The Morgan fingerprint density at radius 2 is 1.97 bits per heavy atom. The number of likely N-dealkylation sites (tertiary alicyclic amines) is 2. The maximum Gasteiger partial charge on any atom is 0.246 e. The first-order valence-corrected chi connectivity index (χ1v) is 12.9. The quantitative estimate of drug-likeness (QED) is 0.630. The molecule has 4 aliphatic heterocycles. The highest BCUT2D eigenvalue weighted by molar-refractivity contribution is 5.87. The predicted octanol–water partition coefficient (Wildman–Crippen LogP) is 2.64. The van der Waals surface area contributed by atoms with Crippen molar-refractivity contribution in [2.75, 3.05) is 62.7 Å². The zero-order valence-corrected chi connectivity index (χ0v) is 20.9. The van der Waals surface area contributed by atoms with E-state index in [1.54, 1.807) is 6.33 Å². The van der Waals surface area contributed by atoms with Crippen LogP contribution in [0.2, 0.25) is 0 Å². The van der Waals surface area contributed by atoms with Gasteiger partial charge in [0.05, 0.1) is 30.0 Å². The number of piperidine rings is 1. The van der Waals surface area contributed by atoms with E-state index in [4.69, 9.17) is 9.47 Å². The zero-order valence-electron chi connectivity index (χ0n) is 20.9. The Morgan fingerprint density at radius 3 is 2.70 bits per heavy atom. The van der Waals surface area contributed by atoms with E-state index in [2.05, 4.69) is 43.8 Å². The molecule has 4 aliphatic rings. The third kappa shape index (κ3) is 4.49. The molecule has 2 aromatic rings. The summed E-state index contributed by atoms with van der Waals surface area (Å²) >= 11 is 0. The molecular formula is C27H33N7O3. The molecule has 10 nitrogen and oxygen atoms in total. The van der Waals surface area contributed by atoms with E-state index in [1.165, 1.54) is 6.08 Å². The Bertz CT molecular complexity index is 1250. The molecule has 0 aliphatic carbocycles. The van der Waals surface area contributed by atoms with E-state index >= 15 is 0 Å². The molecule has 10 heteroatoms. The molecule has 0 spiro atoms. The summed E-state index contributed by atoms with van der Waals surface area (Å²) in [6, 6.07) is 6.88. The maximum absolute atomic E-state index is 11.8. The summed E-state index contributed by atoms with van der Waals surface area (Å²) < 4.78 is 11.7. The molecule has 3 saturated heterocycles. The van der Waals surface area contributed by atoms with Crippen LogP contribution in [0.15, 0.2) is 31.1 Å². The van der Waals surface area contributed by atoms with E-state index in [-0.39, 0.29) is 7.33 Å². The van der Waals surface area contributed by atoms with Crippen LogP contribution >= 0.6 is 0 Å². The first kappa shape index (κ1) is 23.7. The van der Waals surface area contributed by atoms with Gasteiger partial charge in [0.1, 0.15) is 30.6 Å². The molecule has 6 rings (SSSR count). The molecule has 0 radical (unpaired) electrons.